The molecule has 2 aromatic heterocycles. The van der Waals surface area contributed by atoms with Gasteiger partial charge in [-0.2, -0.15) is 15.0 Å². The molecule has 0 saturated heterocycles. The number of nitrogens with one attached hydrogen (secondary N) is 1. The maximum absolute atomic E-state index is 5.96. The lowest BCUT2D eigenvalue weighted by Gasteiger charge is -2.13. The van der Waals surface area contributed by atoms with Gasteiger partial charge < -0.3 is 5.32 Å². The number of anilines is 1. The number of aromatic nitrogens is 3. The van der Waals surface area contributed by atoms with Crippen molar-refractivity contribution in [1.29, 1.82) is 0 Å². The van der Waals surface area contributed by atoms with E-state index in [0.29, 0.717) is 0 Å². The van der Waals surface area contributed by atoms with Crippen molar-refractivity contribution < 1.29 is 0 Å². The van der Waals surface area contributed by atoms with Crippen molar-refractivity contribution in [3.63, 3.8) is 0 Å². The van der Waals surface area contributed by atoms with Gasteiger partial charge in [-0.3, -0.25) is 0 Å². The van der Waals surface area contributed by atoms with Gasteiger partial charge in [0, 0.05) is 10.6 Å². The standard InChI is InChI=1S/C14H13ClN4S/c1-10(13-6-7-14(15)20-13)18-11-2-4-12(5-3-11)19-16-8-9-17-19/h2-10,18H,1H3. The van der Waals surface area contributed by atoms with Crippen LogP contribution >= 0.6 is 22.9 Å². The molecular weight excluding hydrogens is 292 g/mol. The SMILES string of the molecule is CC(Nc1ccc(-n2nccn2)cc1)c1ccc(Cl)s1. The Bertz CT molecular complexity index is 676. The average Bonchev–Trinajstić information content (AvgIpc) is 3.10. The van der Waals surface area contributed by atoms with E-state index < -0.39 is 0 Å². The molecule has 20 heavy (non-hydrogen) atoms. The first kappa shape index (κ1) is 13.1. The summed E-state index contributed by atoms with van der Waals surface area (Å²) in [6.07, 6.45) is 3.32. The van der Waals surface area contributed by atoms with Crippen LogP contribution in [0, 0.1) is 0 Å². The molecule has 0 spiro atoms. The maximum atomic E-state index is 5.96. The fourth-order valence-electron chi connectivity index (χ4n) is 1.92. The third-order valence-electron chi connectivity index (χ3n) is 2.92. The molecule has 1 N–H and O–H groups in total. The van der Waals surface area contributed by atoms with Crippen LogP contribution in [0.1, 0.15) is 17.8 Å². The van der Waals surface area contributed by atoms with Gasteiger partial charge in [0.2, 0.25) is 0 Å². The van der Waals surface area contributed by atoms with E-state index in [0.717, 1.165) is 15.7 Å². The Morgan fingerprint density at radius 3 is 2.40 bits per heavy atom. The van der Waals surface area contributed by atoms with E-state index in [9.17, 15) is 0 Å². The topological polar surface area (TPSA) is 42.7 Å². The summed E-state index contributed by atoms with van der Waals surface area (Å²) in [5.74, 6) is 0. The zero-order valence-electron chi connectivity index (χ0n) is 10.8. The number of rotatable bonds is 4. The minimum Gasteiger partial charge on any atom is -0.378 e. The Morgan fingerprint density at radius 2 is 1.80 bits per heavy atom. The van der Waals surface area contributed by atoms with Gasteiger partial charge in [0.05, 0.1) is 28.5 Å². The summed E-state index contributed by atoms with van der Waals surface area (Å²) < 4.78 is 0.814. The number of benzene rings is 1. The van der Waals surface area contributed by atoms with Crippen LogP contribution in [0.2, 0.25) is 4.34 Å². The maximum Gasteiger partial charge on any atom is 0.0932 e. The Morgan fingerprint density at radius 1 is 1.10 bits per heavy atom. The first-order chi connectivity index (χ1) is 9.72. The summed E-state index contributed by atoms with van der Waals surface area (Å²) >= 11 is 7.55. The van der Waals surface area contributed by atoms with Crippen LogP contribution in [0.15, 0.2) is 48.8 Å². The third-order valence-corrected chi connectivity index (χ3v) is 4.33. The van der Waals surface area contributed by atoms with Crippen molar-refractivity contribution >= 4 is 28.6 Å². The molecule has 2 heterocycles. The first-order valence-corrected chi connectivity index (χ1v) is 7.40. The Labute approximate surface area is 126 Å². The van der Waals surface area contributed by atoms with Crippen LogP contribution in [-0.4, -0.2) is 15.0 Å². The van der Waals surface area contributed by atoms with Gasteiger partial charge in [-0.05, 0) is 43.3 Å². The lowest BCUT2D eigenvalue weighted by Crippen LogP contribution is -2.05. The second-order valence-electron chi connectivity index (χ2n) is 4.37. The van der Waals surface area contributed by atoms with Gasteiger partial charge in [-0.25, -0.2) is 0 Å². The smallest absolute Gasteiger partial charge is 0.0932 e. The minimum atomic E-state index is 0.223. The van der Waals surface area contributed by atoms with Crippen LogP contribution < -0.4 is 5.32 Å². The summed E-state index contributed by atoms with van der Waals surface area (Å²) in [4.78, 5) is 2.81. The zero-order chi connectivity index (χ0) is 13.9. The van der Waals surface area contributed by atoms with Gasteiger partial charge in [0.25, 0.3) is 0 Å². The molecule has 0 saturated carbocycles. The molecule has 0 aliphatic carbocycles. The molecule has 102 valence electrons. The molecular formula is C14H13ClN4S. The Balaban J connectivity index is 1.72. The van der Waals surface area contributed by atoms with Gasteiger partial charge in [-0.15, -0.1) is 11.3 Å². The lowest BCUT2D eigenvalue weighted by atomic mass is 10.2. The fourth-order valence-corrected chi connectivity index (χ4v) is 2.99. The number of nitrogens with zero attached hydrogens (tertiary/aromatic N) is 3. The van der Waals surface area contributed by atoms with Crippen molar-refractivity contribution in [3.05, 3.63) is 58.0 Å². The molecule has 1 unspecified atom stereocenters. The number of hydrogen-bond donors (Lipinski definition) is 1. The summed E-state index contributed by atoms with van der Waals surface area (Å²) in [5, 5.41) is 11.6. The molecule has 0 aliphatic heterocycles. The van der Waals surface area contributed by atoms with Crippen LogP contribution in [0.3, 0.4) is 0 Å². The normalized spacial score (nSPS) is 12.3. The molecule has 4 nitrogen and oxygen atoms in total. The quantitative estimate of drug-likeness (QED) is 0.787. The van der Waals surface area contributed by atoms with Gasteiger partial charge in [-0.1, -0.05) is 11.6 Å². The van der Waals surface area contributed by atoms with E-state index in [2.05, 4.69) is 22.4 Å². The second-order valence-corrected chi connectivity index (χ2v) is 6.12. The van der Waals surface area contributed by atoms with Crippen LogP contribution in [-0.2, 0) is 0 Å². The van der Waals surface area contributed by atoms with Crippen molar-refractivity contribution in [1.82, 2.24) is 15.0 Å². The monoisotopic (exact) mass is 304 g/mol. The predicted molar refractivity (Wildman–Crippen MR) is 82.7 cm³/mol. The summed E-state index contributed by atoms with van der Waals surface area (Å²) in [6.45, 7) is 2.12. The third kappa shape index (κ3) is 2.84. The van der Waals surface area contributed by atoms with Crippen molar-refractivity contribution in [2.45, 2.75) is 13.0 Å². The number of hydrogen-bond acceptors (Lipinski definition) is 4. The van der Waals surface area contributed by atoms with E-state index >= 15 is 0 Å². The van der Waals surface area contributed by atoms with Crippen LogP contribution in [0.5, 0.6) is 0 Å². The summed E-state index contributed by atoms with van der Waals surface area (Å²) in [6, 6.07) is 12.2. The van der Waals surface area contributed by atoms with E-state index in [-0.39, 0.29) is 6.04 Å². The summed E-state index contributed by atoms with van der Waals surface area (Å²) in [5.41, 5.74) is 1.99. The van der Waals surface area contributed by atoms with Crippen LogP contribution in [0.25, 0.3) is 5.69 Å². The van der Waals surface area contributed by atoms with Crippen molar-refractivity contribution in [2.24, 2.45) is 0 Å². The van der Waals surface area contributed by atoms with E-state index in [1.165, 1.54) is 4.88 Å². The van der Waals surface area contributed by atoms with Gasteiger partial charge >= 0.3 is 0 Å². The van der Waals surface area contributed by atoms with Crippen molar-refractivity contribution in [3.8, 4) is 5.69 Å². The molecule has 1 atom stereocenters. The predicted octanol–water partition coefficient (Wildman–Crippen LogP) is 4.16. The molecule has 3 rings (SSSR count). The van der Waals surface area contributed by atoms with Crippen LogP contribution in [0.4, 0.5) is 5.69 Å². The minimum absolute atomic E-state index is 0.223. The molecule has 0 fully saturated rings. The molecule has 1 aromatic carbocycles. The van der Waals surface area contributed by atoms with E-state index in [1.54, 1.807) is 28.5 Å². The molecule has 3 aromatic rings. The molecule has 6 heteroatoms. The highest BCUT2D eigenvalue weighted by Gasteiger charge is 2.08. The number of halogens is 1. The lowest BCUT2D eigenvalue weighted by molar-refractivity contribution is 0.752. The van der Waals surface area contributed by atoms with E-state index in [1.807, 2.05) is 36.4 Å². The Kier molecular flexibility index (Phi) is 3.71. The van der Waals surface area contributed by atoms with E-state index in [4.69, 9.17) is 11.6 Å². The highest BCUT2D eigenvalue weighted by atomic mass is 35.5. The second kappa shape index (κ2) is 5.64. The molecule has 0 amide bonds. The Hall–Kier alpha value is -1.85. The molecule has 0 radical (unpaired) electrons. The van der Waals surface area contributed by atoms with Crippen molar-refractivity contribution in [2.75, 3.05) is 5.32 Å². The molecule has 0 bridgehead atoms. The first-order valence-electron chi connectivity index (χ1n) is 6.21. The number of thiophene rings is 1. The summed E-state index contributed by atoms with van der Waals surface area (Å²) in [7, 11) is 0. The average molecular weight is 305 g/mol. The fraction of sp³-hybridized carbons (Fsp3) is 0.143. The zero-order valence-corrected chi connectivity index (χ0v) is 12.4. The van der Waals surface area contributed by atoms with Gasteiger partial charge in [0.1, 0.15) is 0 Å². The largest absolute Gasteiger partial charge is 0.378 e. The molecule has 0 aliphatic rings. The van der Waals surface area contributed by atoms with Gasteiger partial charge in [0.15, 0.2) is 0 Å². The highest BCUT2D eigenvalue weighted by molar-refractivity contribution is 7.16. The highest BCUT2D eigenvalue weighted by Crippen LogP contribution is 2.29.